The highest BCUT2D eigenvalue weighted by molar-refractivity contribution is 9.10. The molecule has 0 aliphatic rings. The van der Waals surface area contributed by atoms with Gasteiger partial charge in [-0.15, -0.1) is 11.3 Å². The molecule has 0 fully saturated rings. The van der Waals surface area contributed by atoms with Crippen molar-refractivity contribution in [3.8, 4) is 5.75 Å². The van der Waals surface area contributed by atoms with Crippen LogP contribution in [-0.4, -0.2) is 13.2 Å². The highest BCUT2D eigenvalue weighted by Gasteiger charge is 2.03. The zero-order valence-electron chi connectivity index (χ0n) is 12.8. The van der Waals surface area contributed by atoms with Crippen LogP contribution in [0.1, 0.15) is 35.8 Å². The van der Waals surface area contributed by atoms with E-state index in [0.717, 1.165) is 23.3 Å². The Morgan fingerprint density at radius 3 is 2.71 bits per heavy atom. The van der Waals surface area contributed by atoms with Gasteiger partial charge < -0.3 is 10.1 Å². The standard InChI is InChI=1S/C17H22BrNOS/c1-12(2)14-6-13(3)7-16(8-14)20-5-4-19-10-17-9-15(18)11-21-17/h6-9,11-12,19H,4-5,10H2,1-3H3. The van der Waals surface area contributed by atoms with Gasteiger partial charge in [-0.1, -0.05) is 19.9 Å². The number of ether oxygens (including phenoxy) is 1. The fourth-order valence-electron chi connectivity index (χ4n) is 2.09. The molecule has 21 heavy (non-hydrogen) atoms. The number of hydrogen-bond acceptors (Lipinski definition) is 3. The predicted molar refractivity (Wildman–Crippen MR) is 94.5 cm³/mol. The molecule has 0 atom stereocenters. The van der Waals surface area contributed by atoms with Crippen LogP contribution in [0.4, 0.5) is 0 Å². The summed E-state index contributed by atoms with van der Waals surface area (Å²) in [4.78, 5) is 1.33. The zero-order valence-corrected chi connectivity index (χ0v) is 15.2. The van der Waals surface area contributed by atoms with Crippen molar-refractivity contribution in [2.75, 3.05) is 13.2 Å². The van der Waals surface area contributed by atoms with Crippen LogP contribution < -0.4 is 10.1 Å². The van der Waals surface area contributed by atoms with E-state index in [9.17, 15) is 0 Å². The van der Waals surface area contributed by atoms with E-state index < -0.39 is 0 Å². The Kier molecular flexibility index (Phi) is 6.27. The molecule has 1 N–H and O–H groups in total. The molecule has 0 bridgehead atoms. The van der Waals surface area contributed by atoms with Gasteiger partial charge >= 0.3 is 0 Å². The number of benzene rings is 1. The van der Waals surface area contributed by atoms with Gasteiger partial charge in [-0.2, -0.15) is 0 Å². The third kappa shape index (κ3) is 5.46. The van der Waals surface area contributed by atoms with E-state index in [-0.39, 0.29) is 0 Å². The first kappa shape index (κ1) is 16.5. The Labute approximate surface area is 139 Å². The minimum atomic E-state index is 0.530. The Morgan fingerprint density at radius 1 is 1.24 bits per heavy atom. The van der Waals surface area contributed by atoms with Gasteiger partial charge in [0.2, 0.25) is 0 Å². The van der Waals surface area contributed by atoms with Gasteiger partial charge in [-0.3, -0.25) is 0 Å². The summed E-state index contributed by atoms with van der Waals surface area (Å²) >= 11 is 5.23. The summed E-state index contributed by atoms with van der Waals surface area (Å²) < 4.78 is 7.01. The van der Waals surface area contributed by atoms with Crippen molar-refractivity contribution < 1.29 is 4.74 Å². The Hall–Kier alpha value is -0.840. The first-order chi connectivity index (χ1) is 10.0. The van der Waals surface area contributed by atoms with Gasteiger partial charge in [0.05, 0.1) is 0 Å². The van der Waals surface area contributed by atoms with Crippen LogP contribution in [0.3, 0.4) is 0 Å². The summed E-state index contributed by atoms with van der Waals surface area (Å²) in [6, 6.07) is 8.62. The maximum Gasteiger partial charge on any atom is 0.119 e. The quantitative estimate of drug-likeness (QED) is 0.686. The number of halogens is 1. The number of rotatable bonds is 7. The molecule has 1 aromatic carbocycles. The van der Waals surface area contributed by atoms with Crippen molar-refractivity contribution >= 4 is 27.3 Å². The van der Waals surface area contributed by atoms with Crippen LogP contribution >= 0.6 is 27.3 Å². The van der Waals surface area contributed by atoms with Crippen molar-refractivity contribution in [1.82, 2.24) is 5.32 Å². The molecule has 4 heteroatoms. The van der Waals surface area contributed by atoms with Crippen molar-refractivity contribution in [1.29, 1.82) is 0 Å². The van der Waals surface area contributed by atoms with E-state index in [1.807, 2.05) is 0 Å². The Morgan fingerprint density at radius 2 is 2.05 bits per heavy atom. The lowest BCUT2D eigenvalue weighted by atomic mass is 10.0. The summed E-state index contributed by atoms with van der Waals surface area (Å²) in [5, 5.41) is 5.51. The van der Waals surface area contributed by atoms with E-state index in [2.05, 4.69) is 71.7 Å². The summed E-state index contributed by atoms with van der Waals surface area (Å²) in [6.45, 7) is 8.96. The van der Waals surface area contributed by atoms with Crippen molar-refractivity contribution in [3.05, 3.63) is 50.1 Å². The topological polar surface area (TPSA) is 21.3 Å². The molecule has 2 nitrogen and oxygen atoms in total. The number of nitrogens with one attached hydrogen (secondary N) is 1. The van der Waals surface area contributed by atoms with Crippen LogP contribution in [0.25, 0.3) is 0 Å². The summed E-state index contributed by atoms with van der Waals surface area (Å²) in [7, 11) is 0. The SMILES string of the molecule is Cc1cc(OCCNCc2cc(Br)cs2)cc(C(C)C)c1. The third-order valence-electron chi connectivity index (χ3n) is 3.21. The molecule has 0 spiro atoms. The number of aryl methyl sites for hydroxylation is 1. The van der Waals surface area contributed by atoms with Crippen LogP contribution in [0.15, 0.2) is 34.1 Å². The summed E-state index contributed by atoms with van der Waals surface area (Å²) in [5.74, 6) is 1.50. The molecular weight excluding hydrogens is 346 g/mol. The van der Waals surface area contributed by atoms with Gasteiger partial charge in [-0.05, 0) is 58.1 Å². The van der Waals surface area contributed by atoms with Crippen LogP contribution in [0.2, 0.25) is 0 Å². The normalized spacial score (nSPS) is 11.1. The van der Waals surface area contributed by atoms with E-state index >= 15 is 0 Å². The third-order valence-corrected chi connectivity index (χ3v) is 4.91. The molecule has 0 saturated heterocycles. The summed E-state index contributed by atoms with van der Waals surface area (Å²) in [6.07, 6.45) is 0. The highest BCUT2D eigenvalue weighted by atomic mass is 79.9. The second-order valence-corrected chi connectivity index (χ2v) is 7.40. The zero-order chi connectivity index (χ0) is 15.2. The van der Waals surface area contributed by atoms with Crippen molar-refractivity contribution in [3.63, 3.8) is 0 Å². The molecule has 2 rings (SSSR count). The Balaban J connectivity index is 1.75. The largest absolute Gasteiger partial charge is 0.492 e. The monoisotopic (exact) mass is 367 g/mol. The lowest BCUT2D eigenvalue weighted by Gasteiger charge is -2.12. The van der Waals surface area contributed by atoms with Crippen LogP contribution in [0, 0.1) is 6.92 Å². The molecule has 114 valence electrons. The van der Waals surface area contributed by atoms with Gasteiger partial charge in [0.15, 0.2) is 0 Å². The molecule has 2 aromatic rings. The van der Waals surface area contributed by atoms with Crippen LogP contribution in [-0.2, 0) is 6.54 Å². The maximum atomic E-state index is 5.85. The molecular formula is C17H22BrNOS. The molecule has 0 amide bonds. The first-order valence-electron chi connectivity index (χ1n) is 7.22. The second kappa shape index (κ2) is 7.97. The Bertz CT molecular complexity index is 580. The van der Waals surface area contributed by atoms with Gasteiger partial charge in [0.25, 0.3) is 0 Å². The van der Waals surface area contributed by atoms with E-state index in [1.165, 1.54) is 16.0 Å². The lowest BCUT2D eigenvalue weighted by molar-refractivity contribution is 0.313. The van der Waals surface area contributed by atoms with E-state index in [4.69, 9.17) is 4.74 Å². The van der Waals surface area contributed by atoms with Crippen LogP contribution in [0.5, 0.6) is 5.75 Å². The first-order valence-corrected chi connectivity index (χ1v) is 8.90. The summed E-state index contributed by atoms with van der Waals surface area (Å²) in [5.41, 5.74) is 2.59. The average molecular weight is 368 g/mol. The van der Waals surface area contributed by atoms with Gasteiger partial charge in [-0.25, -0.2) is 0 Å². The predicted octanol–water partition coefficient (Wildman–Crippen LogP) is 5.11. The molecule has 0 saturated carbocycles. The minimum absolute atomic E-state index is 0.530. The van der Waals surface area contributed by atoms with E-state index in [0.29, 0.717) is 12.5 Å². The molecule has 1 aromatic heterocycles. The molecule has 0 aliphatic heterocycles. The van der Waals surface area contributed by atoms with Gasteiger partial charge in [0.1, 0.15) is 12.4 Å². The minimum Gasteiger partial charge on any atom is -0.492 e. The fourth-order valence-corrected chi connectivity index (χ4v) is 3.51. The second-order valence-electron chi connectivity index (χ2n) is 5.49. The highest BCUT2D eigenvalue weighted by Crippen LogP contribution is 2.22. The lowest BCUT2D eigenvalue weighted by Crippen LogP contribution is -2.20. The maximum absolute atomic E-state index is 5.85. The smallest absolute Gasteiger partial charge is 0.119 e. The average Bonchev–Trinajstić information content (AvgIpc) is 2.83. The molecule has 0 aliphatic carbocycles. The van der Waals surface area contributed by atoms with Crippen molar-refractivity contribution in [2.45, 2.75) is 33.2 Å². The van der Waals surface area contributed by atoms with E-state index in [1.54, 1.807) is 11.3 Å². The fraction of sp³-hybridized carbons (Fsp3) is 0.412. The number of hydrogen-bond donors (Lipinski definition) is 1. The molecule has 1 heterocycles. The molecule has 0 radical (unpaired) electrons. The van der Waals surface area contributed by atoms with Crippen molar-refractivity contribution in [2.24, 2.45) is 0 Å². The van der Waals surface area contributed by atoms with Gasteiger partial charge in [0, 0.05) is 27.8 Å². The molecule has 0 unspecified atom stereocenters. The number of thiophene rings is 1.